The summed E-state index contributed by atoms with van der Waals surface area (Å²) in [7, 11) is -3.23. The van der Waals surface area contributed by atoms with Crippen LogP contribution < -0.4 is 10.2 Å². The highest BCUT2D eigenvalue weighted by Gasteiger charge is 2.48. The van der Waals surface area contributed by atoms with Crippen LogP contribution in [0.4, 0.5) is 0 Å². The fourth-order valence-corrected chi connectivity index (χ4v) is 4.93. The second-order valence-corrected chi connectivity index (χ2v) is 11.4. The standard InChI is InChI=1S/C29H56NO4P/c1-4-7-8-9-10-11-12-13-14-15-16-17-18-19-20-21-22-23-24-25-28(31)29(32,35(33)34)26-30-27(5-2)6-3/h13-14,27,30,32H,4-12,15-26H2,1-3H3/b14-13-. The molecule has 0 saturated heterocycles. The Hall–Kier alpha value is -0.610. The predicted octanol–water partition coefficient (Wildman–Crippen LogP) is 7.72. The Morgan fingerprint density at radius 1 is 0.800 bits per heavy atom. The number of unbranched alkanes of at least 4 members (excludes halogenated alkanes) is 15. The molecule has 0 fully saturated rings. The van der Waals surface area contributed by atoms with Gasteiger partial charge in [-0.1, -0.05) is 115 Å². The van der Waals surface area contributed by atoms with Gasteiger partial charge in [-0.3, -0.25) is 4.79 Å². The molecule has 5 nitrogen and oxygen atoms in total. The van der Waals surface area contributed by atoms with Gasteiger partial charge in [-0.05, 0) is 44.9 Å². The Kier molecular flexibility index (Phi) is 23.4. The van der Waals surface area contributed by atoms with Crippen LogP contribution in [0.1, 0.15) is 149 Å². The first-order chi connectivity index (χ1) is 16.9. The number of hydrogen-bond donors (Lipinski definition) is 2. The van der Waals surface area contributed by atoms with E-state index in [1.165, 1.54) is 83.5 Å². The van der Waals surface area contributed by atoms with Gasteiger partial charge >= 0.3 is 13.4 Å². The summed E-state index contributed by atoms with van der Waals surface area (Å²) in [6.45, 7) is 6.04. The van der Waals surface area contributed by atoms with Crippen LogP contribution in [0.15, 0.2) is 12.2 Å². The third-order valence-electron chi connectivity index (χ3n) is 7.04. The number of nitrogens with one attached hydrogen (secondary N) is 1. The summed E-state index contributed by atoms with van der Waals surface area (Å²) in [6.07, 6.45) is 27.3. The molecule has 0 aromatic heterocycles. The number of aliphatic hydroxyl groups is 1. The van der Waals surface area contributed by atoms with Crippen molar-refractivity contribution in [3.05, 3.63) is 12.2 Å². The van der Waals surface area contributed by atoms with Gasteiger partial charge in [0, 0.05) is 12.5 Å². The fourth-order valence-electron chi connectivity index (χ4n) is 4.39. The van der Waals surface area contributed by atoms with Crippen LogP contribution in [0.3, 0.4) is 0 Å². The molecule has 0 rings (SSSR count). The lowest BCUT2D eigenvalue weighted by Crippen LogP contribution is -2.48. The maximum absolute atomic E-state index is 12.4. The molecule has 2 N–H and O–H groups in total. The smallest absolute Gasteiger partial charge is 0.354 e. The van der Waals surface area contributed by atoms with Crippen LogP contribution in [0.2, 0.25) is 0 Å². The summed E-state index contributed by atoms with van der Waals surface area (Å²) < 4.78 is 11.6. The average Bonchev–Trinajstić information content (AvgIpc) is 2.85. The molecule has 0 radical (unpaired) electrons. The fraction of sp³-hybridized carbons (Fsp3) is 0.897. The quantitative estimate of drug-likeness (QED) is 0.0702. The average molecular weight is 514 g/mol. The molecule has 0 spiro atoms. The van der Waals surface area contributed by atoms with E-state index in [0.717, 1.165) is 32.1 Å². The normalized spacial score (nSPS) is 14.1. The van der Waals surface area contributed by atoms with Gasteiger partial charge < -0.3 is 15.3 Å². The van der Waals surface area contributed by atoms with Crippen LogP contribution in [0.5, 0.6) is 0 Å². The van der Waals surface area contributed by atoms with Crippen LogP contribution in [0.25, 0.3) is 0 Å². The van der Waals surface area contributed by atoms with Crippen molar-refractivity contribution in [2.24, 2.45) is 0 Å². The molecule has 206 valence electrons. The highest BCUT2D eigenvalue weighted by molar-refractivity contribution is 7.39. The van der Waals surface area contributed by atoms with Crippen molar-refractivity contribution in [2.75, 3.05) is 6.54 Å². The highest BCUT2D eigenvalue weighted by atomic mass is 31.1. The first kappa shape index (κ1) is 34.4. The van der Waals surface area contributed by atoms with Crippen LogP contribution in [-0.2, 0) is 9.36 Å². The molecule has 0 aromatic carbocycles. The monoisotopic (exact) mass is 513 g/mol. The Morgan fingerprint density at radius 3 is 1.66 bits per heavy atom. The summed E-state index contributed by atoms with van der Waals surface area (Å²) in [5.74, 6) is -0.576. The first-order valence-electron chi connectivity index (χ1n) is 14.7. The molecule has 0 heterocycles. The van der Waals surface area contributed by atoms with Crippen LogP contribution in [-0.4, -0.2) is 28.8 Å². The number of ketones is 1. The molecule has 0 bridgehead atoms. The molecule has 2 atom stereocenters. The number of allylic oxidation sites excluding steroid dienone is 2. The van der Waals surface area contributed by atoms with E-state index < -0.39 is 19.2 Å². The van der Waals surface area contributed by atoms with Gasteiger partial charge in [0.05, 0.1) is 6.54 Å². The zero-order valence-electron chi connectivity index (χ0n) is 23.2. The van der Waals surface area contributed by atoms with Crippen molar-refractivity contribution in [1.82, 2.24) is 5.32 Å². The summed E-state index contributed by atoms with van der Waals surface area (Å²) in [5.41, 5.74) is 0. The van der Waals surface area contributed by atoms with E-state index in [1.54, 1.807) is 0 Å². The summed E-state index contributed by atoms with van der Waals surface area (Å²) in [5, 5.41) is 11.2. The number of hydrogen-bond acceptors (Lipinski definition) is 5. The minimum absolute atomic E-state index is 0.107. The van der Waals surface area contributed by atoms with Gasteiger partial charge in [-0.25, -0.2) is 0 Å². The van der Waals surface area contributed by atoms with Crippen molar-refractivity contribution in [3.63, 3.8) is 0 Å². The minimum Gasteiger partial charge on any atom is -0.593 e. The molecular formula is C29H56NO4P. The van der Waals surface area contributed by atoms with Crippen molar-refractivity contribution in [3.8, 4) is 0 Å². The third kappa shape index (κ3) is 18.3. The Bertz CT molecular complexity index is 551. The number of carbonyl (C=O) groups excluding carboxylic acids is 1. The van der Waals surface area contributed by atoms with E-state index in [2.05, 4.69) is 24.4 Å². The summed E-state index contributed by atoms with van der Waals surface area (Å²) in [6, 6.07) is 0.107. The molecular weight excluding hydrogens is 457 g/mol. The van der Waals surface area contributed by atoms with Crippen LogP contribution in [0, 0.1) is 0 Å². The Labute approximate surface area is 217 Å². The van der Waals surface area contributed by atoms with Crippen molar-refractivity contribution in [1.29, 1.82) is 0 Å². The topological polar surface area (TPSA) is 89.5 Å². The maximum Gasteiger partial charge on any atom is 0.354 e. The molecule has 0 aliphatic rings. The van der Waals surface area contributed by atoms with Gasteiger partial charge in [0.25, 0.3) is 0 Å². The molecule has 2 unspecified atom stereocenters. The van der Waals surface area contributed by atoms with Gasteiger partial charge in [0.1, 0.15) is 0 Å². The lowest BCUT2D eigenvalue weighted by Gasteiger charge is -2.22. The maximum atomic E-state index is 12.4. The minimum atomic E-state index is -3.23. The van der Waals surface area contributed by atoms with E-state index in [9.17, 15) is 19.4 Å². The van der Waals surface area contributed by atoms with E-state index in [-0.39, 0.29) is 19.0 Å². The van der Waals surface area contributed by atoms with Crippen molar-refractivity contribution in [2.45, 2.75) is 161 Å². The first-order valence-corrected chi connectivity index (χ1v) is 15.9. The second kappa shape index (κ2) is 23.8. The molecule has 0 amide bonds. The lowest BCUT2D eigenvalue weighted by atomic mass is 10.0. The van der Waals surface area contributed by atoms with E-state index in [0.29, 0.717) is 6.42 Å². The Morgan fingerprint density at radius 2 is 1.23 bits per heavy atom. The summed E-state index contributed by atoms with van der Waals surface area (Å²) >= 11 is 0. The zero-order chi connectivity index (χ0) is 26.2. The number of rotatable bonds is 26. The highest BCUT2D eigenvalue weighted by Crippen LogP contribution is 2.31. The van der Waals surface area contributed by atoms with Crippen LogP contribution >= 0.6 is 8.03 Å². The molecule has 0 aromatic rings. The summed E-state index contributed by atoms with van der Waals surface area (Å²) in [4.78, 5) is 24.0. The molecule has 6 heteroatoms. The number of Topliss-reactive ketones (excluding diaryl/α,β-unsaturated/α-hetero) is 1. The zero-order valence-corrected chi connectivity index (χ0v) is 24.1. The number of carbonyl (C=O) groups is 1. The van der Waals surface area contributed by atoms with Gasteiger partial charge in [0.15, 0.2) is 0 Å². The third-order valence-corrected chi connectivity index (χ3v) is 8.05. The molecule has 0 saturated carbocycles. The molecule has 0 aliphatic carbocycles. The van der Waals surface area contributed by atoms with Gasteiger partial charge in [-0.15, -0.1) is 0 Å². The van der Waals surface area contributed by atoms with E-state index >= 15 is 0 Å². The van der Waals surface area contributed by atoms with Gasteiger partial charge in [0.2, 0.25) is 5.78 Å². The van der Waals surface area contributed by atoms with E-state index in [1.807, 2.05) is 13.8 Å². The largest absolute Gasteiger partial charge is 0.593 e. The Balaban J connectivity index is 3.67. The van der Waals surface area contributed by atoms with E-state index in [4.69, 9.17) is 0 Å². The predicted molar refractivity (Wildman–Crippen MR) is 148 cm³/mol. The van der Waals surface area contributed by atoms with Crippen molar-refractivity contribution < 1.29 is 19.4 Å². The van der Waals surface area contributed by atoms with Crippen molar-refractivity contribution >= 4 is 13.8 Å². The second-order valence-electron chi connectivity index (χ2n) is 10.1. The lowest BCUT2D eigenvalue weighted by molar-refractivity contribution is -0.180. The SMILES string of the molecule is CCCCCCCC/C=C\CCCCCCCCCCCC(=O)C(O)(CNC(CC)CC)[P+](=O)[O-]. The van der Waals surface area contributed by atoms with Gasteiger partial charge in [-0.2, -0.15) is 0 Å². The molecule has 0 aliphatic heterocycles. The molecule has 35 heavy (non-hydrogen) atoms.